The van der Waals surface area contributed by atoms with E-state index in [2.05, 4.69) is 5.32 Å². The molecule has 1 saturated heterocycles. The summed E-state index contributed by atoms with van der Waals surface area (Å²) in [5.74, 6) is -0.106. The van der Waals surface area contributed by atoms with Gasteiger partial charge in [0.2, 0.25) is 12.5 Å². The van der Waals surface area contributed by atoms with Crippen LogP contribution in [0.25, 0.3) is 6.08 Å². The number of nitrogens with one attached hydrogen (secondary N) is 1. The quantitative estimate of drug-likeness (QED) is 0.110. The summed E-state index contributed by atoms with van der Waals surface area (Å²) in [5.41, 5.74) is 3.16. The molecule has 2 aliphatic heterocycles. The molecule has 2 heterocycles. The summed E-state index contributed by atoms with van der Waals surface area (Å²) in [4.78, 5) is 39.6. The van der Waals surface area contributed by atoms with Crippen LogP contribution in [0.5, 0.6) is 40.2 Å². The summed E-state index contributed by atoms with van der Waals surface area (Å²) in [7, 11) is 6.04. The van der Waals surface area contributed by atoms with Crippen molar-refractivity contribution in [2.24, 2.45) is 11.8 Å². The SMILES string of the molecule is COc1cc(OCC(=O)N[C@@H]2c3cc4c(cc3[C@@H](c3cc(OC)c(OC)c(OC)c3)[C@H]3C(=O)OC[C@@H]32)OCO4)ccc1/C=C/C(=O)c1ccc(F)cc1. The van der Waals surface area contributed by atoms with E-state index in [0.717, 1.165) is 16.7 Å². The van der Waals surface area contributed by atoms with Crippen molar-refractivity contribution < 1.29 is 56.7 Å². The number of carbonyl (C=O) groups excluding carboxylic acids is 3. The van der Waals surface area contributed by atoms with Crippen LogP contribution in [0.15, 0.2) is 72.8 Å². The number of esters is 1. The number of cyclic esters (lactones) is 1. The molecule has 274 valence electrons. The molecule has 0 radical (unpaired) electrons. The van der Waals surface area contributed by atoms with Crippen LogP contribution < -0.4 is 38.5 Å². The van der Waals surface area contributed by atoms with Crippen molar-refractivity contribution in [2.45, 2.75) is 12.0 Å². The van der Waals surface area contributed by atoms with Crippen molar-refractivity contribution >= 4 is 23.7 Å². The van der Waals surface area contributed by atoms with Gasteiger partial charge in [0.05, 0.1) is 47.0 Å². The average molecular weight is 726 g/mol. The number of carbonyl (C=O) groups is 3. The molecule has 1 amide bonds. The molecule has 0 spiro atoms. The third-order valence-electron chi connectivity index (χ3n) is 9.67. The number of amides is 1. The maximum atomic E-state index is 13.6. The Kier molecular flexibility index (Phi) is 9.81. The fourth-order valence-corrected chi connectivity index (χ4v) is 7.19. The second-order valence-electron chi connectivity index (χ2n) is 12.5. The summed E-state index contributed by atoms with van der Waals surface area (Å²) < 4.78 is 58.6. The summed E-state index contributed by atoms with van der Waals surface area (Å²) in [5, 5.41) is 3.09. The lowest BCUT2D eigenvalue weighted by molar-refractivity contribution is -0.141. The zero-order valence-corrected chi connectivity index (χ0v) is 29.3. The minimum Gasteiger partial charge on any atom is -0.496 e. The lowest BCUT2D eigenvalue weighted by Crippen LogP contribution is -2.44. The van der Waals surface area contributed by atoms with Gasteiger partial charge in [0.1, 0.15) is 17.3 Å². The topological polar surface area (TPSA) is 137 Å². The van der Waals surface area contributed by atoms with Crippen LogP contribution in [-0.2, 0) is 14.3 Å². The summed E-state index contributed by atoms with van der Waals surface area (Å²) in [6.07, 6.45) is 2.95. The van der Waals surface area contributed by atoms with Crippen molar-refractivity contribution in [1.82, 2.24) is 5.32 Å². The number of hydrogen-bond acceptors (Lipinski definition) is 11. The molecule has 4 aromatic carbocycles. The van der Waals surface area contributed by atoms with Crippen LogP contribution in [0, 0.1) is 17.7 Å². The lowest BCUT2D eigenvalue weighted by atomic mass is 9.65. The van der Waals surface area contributed by atoms with Gasteiger partial charge in [0, 0.05) is 29.0 Å². The number of rotatable bonds is 12. The molecule has 0 aromatic heterocycles. The molecule has 4 atom stereocenters. The second-order valence-corrected chi connectivity index (χ2v) is 12.5. The highest BCUT2D eigenvalue weighted by molar-refractivity contribution is 6.06. The van der Waals surface area contributed by atoms with Gasteiger partial charge in [-0.05, 0) is 89.5 Å². The summed E-state index contributed by atoms with van der Waals surface area (Å²) >= 11 is 0. The van der Waals surface area contributed by atoms with E-state index in [1.807, 2.05) is 24.3 Å². The highest BCUT2D eigenvalue weighted by Gasteiger charge is 2.53. The normalized spacial score (nSPS) is 19.5. The average Bonchev–Trinajstić information content (AvgIpc) is 3.81. The van der Waals surface area contributed by atoms with E-state index in [-0.39, 0.29) is 25.8 Å². The van der Waals surface area contributed by atoms with E-state index < -0.39 is 41.5 Å². The Labute approximate surface area is 304 Å². The van der Waals surface area contributed by atoms with Gasteiger partial charge in [-0.1, -0.05) is 0 Å². The third kappa shape index (κ3) is 6.77. The fourth-order valence-electron chi connectivity index (χ4n) is 7.19. The molecular formula is C40H36FNO11. The van der Waals surface area contributed by atoms with Crippen molar-refractivity contribution in [2.75, 3.05) is 48.4 Å². The van der Waals surface area contributed by atoms with Gasteiger partial charge in [-0.15, -0.1) is 0 Å². The molecule has 12 nitrogen and oxygen atoms in total. The van der Waals surface area contributed by atoms with Crippen LogP contribution in [0.3, 0.4) is 0 Å². The van der Waals surface area contributed by atoms with Gasteiger partial charge in [-0.3, -0.25) is 14.4 Å². The first-order valence-corrected chi connectivity index (χ1v) is 16.7. The predicted molar refractivity (Wildman–Crippen MR) is 188 cm³/mol. The Balaban J connectivity index is 1.13. The van der Waals surface area contributed by atoms with Crippen LogP contribution in [0.1, 0.15) is 44.6 Å². The number of ketones is 1. The molecular weight excluding hydrogens is 689 g/mol. The Bertz CT molecular complexity index is 2070. The number of methoxy groups -OCH3 is 4. The number of hydrogen-bond donors (Lipinski definition) is 1. The van der Waals surface area contributed by atoms with Gasteiger partial charge in [-0.2, -0.15) is 0 Å². The number of fused-ring (bicyclic) bond motifs is 3. The Morgan fingerprint density at radius 2 is 1.51 bits per heavy atom. The zero-order valence-electron chi connectivity index (χ0n) is 29.3. The molecule has 13 heteroatoms. The van der Waals surface area contributed by atoms with Crippen molar-refractivity contribution in [3.05, 3.63) is 106 Å². The molecule has 1 fully saturated rings. The molecule has 7 rings (SSSR count). The van der Waals surface area contributed by atoms with Gasteiger partial charge in [0.15, 0.2) is 35.4 Å². The van der Waals surface area contributed by atoms with Gasteiger partial charge in [-0.25, -0.2) is 4.39 Å². The van der Waals surface area contributed by atoms with Crippen LogP contribution in [-0.4, -0.2) is 66.1 Å². The first kappa shape index (κ1) is 35.2. The number of halogens is 1. The Morgan fingerprint density at radius 3 is 2.17 bits per heavy atom. The molecule has 0 bridgehead atoms. The van der Waals surface area contributed by atoms with E-state index in [9.17, 15) is 18.8 Å². The molecule has 1 aliphatic carbocycles. The summed E-state index contributed by atoms with van der Waals surface area (Å²) in [6, 6.07) is 16.9. The fraction of sp³-hybridized carbons (Fsp3) is 0.275. The maximum absolute atomic E-state index is 13.6. The highest BCUT2D eigenvalue weighted by Crippen LogP contribution is 2.55. The molecule has 4 aromatic rings. The Morgan fingerprint density at radius 1 is 0.830 bits per heavy atom. The standard InChI is InChI=1S/C40H36FNO11/c1-46-30-15-25(11-7-22(30)8-12-29(43)21-5-9-24(41)10-6-21)50-19-35(44)42-38-27-17-32-31(52-20-53-32)16-26(27)36(37-28(38)18-51-40(37)45)23-13-33(47-2)39(49-4)34(14-23)48-3/h5-17,28,36-38H,18-20H2,1-4H3,(H,42,44)/b12-8+/t28-,36+,37-,38+/m0/s1. The number of allylic oxidation sites excluding steroid dienone is 1. The molecule has 0 unspecified atom stereocenters. The van der Waals surface area contributed by atoms with Crippen molar-refractivity contribution in [3.8, 4) is 40.2 Å². The van der Waals surface area contributed by atoms with Crippen LogP contribution >= 0.6 is 0 Å². The Hall–Kier alpha value is -6.24. The highest BCUT2D eigenvalue weighted by atomic mass is 19.1. The maximum Gasteiger partial charge on any atom is 0.310 e. The zero-order chi connectivity index (χ0) is 37.2. The first-order chi connectivity index (χ1) is 25.7. The van der Waals surface area contributed by atoms with Crippen LogP contribution in [0.2, 0.25) is 0 Å². The van der Waals surface area contributed by atoms with Crippen molar-refractivity contribution in [1.29, 1.82) is 0 Å². The minimum absolute atomic E-state index is 0.0371. The second kappa shape index (κ2) is 14.8. The van der Waals surface area contributed by atoms with Crippen LogP contribution in [0.4, 0.5) is 4.39 Å². The van der Waals surface area contributed by atoms with Crippen molar-refractivity contribution in [3.63, 3.8) is 0 Å². The largest absolute Gasteiger partial charge is 0.496 e. The van der Waals surface area contributed by atoms with Gasteiger partial charge in [0.25, 0.3) is 5.91 Å². The van der Waals surface area contributed by atoms with E-state index in [4.69, 9.17) is 37.9 Å². The van der Waals surface area contributed by atoms with Gasteiger partial charge >= 0.3 is 5.97 Å². The van der Waals surface area contributed by atoms with E-state index in [1.165, 1.54) is 58.8 Å². The third-order valence-corrected chi connectivity index (χ3v) is 9.67. The first-order valence-electron chi connectivity index (χ1n) is 16.7. The summed E-state index contributed by atoms with van der Waals surface area (Å²) in [6.45, 7) is -0.227. The predicted octanol–water partition coefficient (Wildman–Crippen LogP) is 5.66. The monoisotopic (exact) mass is 725 g/mol. The molecule has 3 aliphatic rings. The van der Waals surface area contributed by atoms with Gasteiger partial charge < -0.3 is 43.2 Å². The van der Waals surface area contributed by atoms with E-state index in [1.54, 1.807) is 24.3 Å². The number of ether oxygens (including phenoxy) is 8. The smallest absolute Gasteiger partial charge is 0.310 e. The van der Waals surface area contributed by atoms with E-state index >= 15 is 0 Å². The molecule has 1 N–H and O–H groups in total. The lowest BCUT2D eigenvalue weighted by Gasteiger charge is -2.39. The van der Waals surface area contributed by atoms with E-state index in [0.29, 0.717) is 51.4 Å². The molecule has 53 heavy (non-hydrogen) atoms. The number of benzene rings is 4. The minimum atomic E-state index is -0.670. The molecule has 0 saturated carbocycles.